The molecule has 106 valence electrons. The van der Waals surface area contributed by atoms with Crippen LogP contribution in [0.4, 0.5) is 4.39 Å². The van der Waals surface area contributed by atoms with Crippen molar-refractivity contribution in [1.29, 1.82) is 5.26 Å². The predicted molar refractivity (Wildman–Crippen MR) is 80.9 cm³/mol. The zero-order valence-corrected chi connectivity index (χ0v) is 12.7. The van der Waals surface area contributed by atoms with E-state index < -0.39 is 5.82 Å². The molecule has 0 saturated carbocycles. The molecule has 5 heteroatoms. The molecular formula is C16H12BrFN2O. The van der Waals surface area contributed by atoms with Gasteiger partial charge in [-0.2, -0.15) is 5.26 Å². The Labute approximate surface area is 130 Å². The van der Waals surface area contributed by atoms with Crippen LogP contribution in [0.3, 0.4) is 0 Å². The lowest BCUT2D eigenvalue weighted by molar-refractivity contribution is 0.0765. The average molecular weight is 347 g/mol. The first-order valence-corrected chi connectivity index (χ1v) is 7.06. The molecule has 0 aliphatic heterocycles. The number of nitriles is 1. The lowest BCUT2D eigenvalue weighted by atomic mass is 10.1. The first-order chi connectivity index (χ1) is 10.1. The van der Waals surface area contributed by atoms with Gasteiger partial charge in [0.1, 0.15) is 12.4 Å². The van der Waals surface area contributed by atoms with Crippen molar-refractivity contribution < 1.29 is 9.18 Å². The van der Waals surface area contributed by atoms with Crippen LogP contribution in [0.5, 0.6) is 0 Å². The SMILES string of the molecule is N#CCN(Cc1ccccc1)C(=O)c1ccc(F)c(Br)c1. The highest BCUT2D eigenvalue weighted by Gasteiger charge is 2.17. The standard InChI is InChI=1S/C16H12BrFN2O/c17-14-10-13(6-7-15(14)18)16(21)20(9-8-19)11-12-4-2-1-3-5-12/h1-7,10H,9,11H2. The number of hydrogen-bond acceptors (Lipinski definition) is 2. The fraction of sp³-hybridized carbons (Fsp3) is 0.125. The summed E-state index contributed by atoms with van der Waals surface area (Å²) in [5.74, 6) is -0.734. The molecule has 2 rings (SSSR count). The van der Waals surface area contributed by atoms with Gasteiger partial charge in [0, 0.05) is 12.1 Å². The molecule has 21 heavy (non-hydrogen) atoms. The summed E-state index contributed by atoms with van der Waals surface area (Å²) in [4.78, 5) is 13.9. The second-order valence-electron chi connectivity index (χ2n) is 4.43. The molecule has 0 radical (unpaired) electrons. The number of carbonyl (C=O) groups is 1. The lowest BCUT2D eigenvalue weighted by Gasteiger charge is -2.20. The summed E-state index contributed by atoms with van der Waals surface area (Å²) in [7, 11) is 0. The number of rotatable bonds is 4. The maximum Gasteiger partial charge on any atom is 0.255 e. The van der Waals surface area contributed by atoms with E-state index in [-0.39, 0.29) is 16.9 Å². The topological polar surface area (TPSA) is 44.1 Å². The molecule has 0 aliphatic carbocycles. The van der Waals surface area contributed by atoms with Crippen LogP contribution in [0.25, 0.3) is 0 Å². The van der Waals surface area contributed by atoms with Gasteiger partial charge in [-0.1, -0.05) is 30.3 Å². The summed E-state index contributed by atoms with van der Waals surface area (Å²) in [6.07, 6.45) is 0. The van der Waals surface area contributed by atoms with E-state index in [1.54, 1.807) is 0 Å². The Hall–Kier alpha value is -2.19. The molecule has 0 aromatic heterocycles. The Morgan fingerprint density at radius 1 is 1.24 bits per heavy atom. The van der Waals surface area contributed by atoms with Crippen LogP contribution in [0.2, 0.25) is 0 Å². The monoisotopic (exact) mass is 346 g/mol. The van der Waals surface area contributed by atoms with Crippen molar-refractivity contribution in [2.75, 3.05) is 6.54 Å². The minimum atomic E-state index is -0.429. The van der Waals surface area contributed by atoms with Crippen LogP contribution in [-0.4, -0.2) is 17.4 Å². The molecule has 2 aromatic carbocycles. The van der Waals surface area contributed by atoms with Gasteiger partial charge in [-0.15, -0.1) is 0 Å². The third kappa shape index (κ3) is 3.89. The van der Waals surface area contributed by atoms with Crippen molar-refractivity contribution in [1.82, 2.24) is 4.90 Å². The summed E-state index contributed by atoms with van der Waals surface area (Å²) >= 11 is 3.06. The molecule has 0 bridgehead atoms. The van der Waals surface area contributed by atoms with Crippen LogP contribution in [0, 0.1) is 17.1 Å². The summed E-state index contributed by atoms with van der Waals surface area (Å²) in [6, 6.07) is 15.5. The highest BCUT2D eigenvalue weighted by Crippen LogP contribution is 2.18. The van der Waals surface area contributed by atoms with Gasteiger partial charge in [0.2, 0.25) is 0 Å². The Morgan fingerprint density at radius 2 is 1.95 bits per heavy atom. The normalized spacial score (nSPS) is 9.95. The number of halogens is 2. The largest absolute Gasteiger partial charge is 0.321 e. The zero-order valence-electron chi connectivity index (χ0n) is 11.1. The molecule has 0 saturated heterocycles. The maximum absolute atomic E-state index is 13.2. The van der Waals surface area contributed by atoms with Gasteiger partial charge in [0.05, 0.1) is 10.5 Å². The molecule has 0 aliphatic rings. The van der Waals surface area contributed by atoms with E-state index in [4.69, 9.17) is 5.26 Å². The average Bonchev–Trinajstić information content (AvgIpc) is 2.50. The van der Waals surface area contributed by atoms with E-state index in [0.717, 1.165) is 5.56 Å². The van der Waals surface area contributed by atoms with Crippen molar-refractivity contribution in [2.45, 2.75) is 6.54 Å². The van der Waals surface area contributed by atoms with E-state index in [0.29, 0.717) is 12.1 Å². The summed E-state index contributed by atoms with van der Waals surface area (Å²) in [6.45, 7) is 0.310. The second-order valence-corrected chi connectivity index (χ2v) is 5.29. The quantitative estimate of drug-likeness (QED) is 0.791. The molecule has 3 nitrogen and oxygen atoms in total. The van der Waals surface area contributed by atoms with Gasteiger partial charge in [0.15, 0.2) is 0 Å². The molecular weight excluding hydrogens is 335 g/mol. The van der Waals surface area contributed by atoms with E-state index in [1.165, 1.54) is 23.1 Å². The Morgan fingerprint density at radius 3 is 2.57 bits per heavy atom. The van der Waals surface area contributed by atoms with Crippen LogP contribution in [0.1, 0.15) is 15.9 Å². The van der Waals surface area contributed by atoms with E-state index in [9.17, 15) is 9.18 Å². The number of benzene rings is 2. The first-order valence-electron chi connectivity index (χ1n) is 6.27. The fourth-order valence-corrected chi connectivity index (χ4v) is 2.28. The highest BCUT2D eigenvalue weighted by atomic mass is 79.9. The van der Waals surface area contributed by atoms with Gasteiger partial charge in [-0.25, -0.2) is 4.39 Å². The minimum absolute atomic E-state index is 0.0251. The molecule has 0 N–H and O–H groups in total. The number of amides is 1. The van der Waals surface area contributed by atoms with Crippen molar-refractivity contribution in [3.05, 3.63) is 69.9 Å². The summed E-state index contributed by atoms with van der Waals surface area (Å²) < 4.78 is 13.5. The zero-order chi connectivity index (χ0) is 15.2. The molecule has 0 spiro atoms. The first kappa shape index (κ1) is 15.2. The van der Waals surface area contributed by atoms with Gasteiger partial charge in [-0.3, -0.25) is 4.79 Å². The number of hydrogen-bond donors (Lipinski definition) is 0. The van der Waals surface area contributed by atoms with Gasteiger partial charge in [-0.05, 0) is 39.7 Å². The highest BCUT2D eigenvalue weighted by molar-refractivity contribution is 9.10. The van der Waals surface area contributed by atoms with E-state index >= 15 is 0 Å². The Bertz CT molecular complexity index is 682. The van der Waals surface area contributed by atoms with Crippen LogP contribution in [-0.2, 0) is 6.54 Å². The lowest BCUT2D eigenvalue weighted by Crippen LogP contribution is -2.31. The van der Waals surface area contributed by atoms with Crippen molar-refractivity contribution in [3.8, 4) is 6.07 Å². The van der Waals surface area contributed by atoms with Crippen molar-refractivity contribution >= 4 is 21.8 Å². The van der Waals surface area contributed by atoms with Gasteiger partial charge in [0.25, 0.3) is 5.91 Å². The smallest absolute Gasteiger partial charge is 0.255 e. The van der Waals surface area contributed by atoms with E-state index in [2.05, 4.69) is 15.9 Å². The second kappa shape index (κ2) is 7.00. The third-order valence-electron chi connectivity index (χ3n) is 2.93. The third-order valence-corrected chi connectivity index (χ3v) is 3.54. The molecule has 2 aromatic rings. The number of nitrogens with zero attached hydrogens (tertiary/aromatic N) is 2. The van der Waals surface area contributed by atoms with Crippen molar-refractivity contribution in [2.24, 2.45) is 0 Å². The molecule has 0 unspecified atom stereocenters. The predicted octanol–water partition coefficient (Wildman–Crippen LogP) is 3.75. The fourth-order valence-electron chi connectivity index (χ4n) is 1.90. The van der Waals surface area contributed by atoms with Crippen LogP contribution in [0.15, 0.2) is 53.0 Å². The van der Waals surface area contributed by atoms with Gasteiger partial charge < -0.3 is 4.90 Å². The van der Waals surface area contributed by atoms with Crippen molar-refractivity contribution in [3.63, 3.8) is 0 Å². The Balaban J connectivity index is 2.23. The summed E-state index contributed by atoms with van der Waals surface area (Å²) in [5, 5.41) is 8.90. The number of carbonyl (C=O) groups excluding carboxylic acids is 1. The molecule has 0 atom stereocenters. The molecule has 0 fully saturated rings. The maximum atomic E-state index is 13.2. The summed E-state index contributed by atoms with van der Waals surface area (Å²) in [5.41, 5.74) is 1.27. The minimum Gasteiger partial charge on any atom is -0.321 e. The Kier molecular flexibility index (Phi) is 5.07. The van der Waals surface area contributed by atoms with Crippen LogP contribution >= 0.6 is 15.9 Å². The van der Waals surface area contributed by atoms with Gasteiger partial charge >= 0.3 is 0 Å². The van der Waals surface area contributed by atoms with Crippen LogP contribution < -0.4 is 0 Å². The molecule has 0 heterocycles. The van der Waals surface area contributed by atoms with E-state index in [1.807, 2.05) is 36.4 Å². The molecule has 1 amide bonds.